The molecule has 1 amide bonds. The van der Waals surface area contributed by atoms with E-state index < -0.39 is 5.82 Å². The van der Waals surface area contributed by atoms with Gasteiger partial charge in [-0.1, -0.05) is 0 Å². The van der Waals surface area contributed by atoms with Gasteiger partial charge in [0.25, 0.3) is 0 Å². The molecule has 1 N–H and O–H groups in total. The second-order valence-corrected chi connectivity index (χ2v) is 5.96. The smallest absolute Gasteiger partial charge is 0.228 e. The summed E-state index contributed by atoms with van der Waals surface area (Å²) in [6.07, 6.45) is 5.68. The van der Waals surface area contributed by atoms with Crippen molar-refractivity contribution >= 4 is 11.6 Å². The second-order valence-electron chi connectivity index (χ2n) is 5.96. The summed E-state index contributed by atoms with van der Waals surface area (Å²) in [7, 11) is 0. The van der Waals surface area contributed by atoms with Crippen LogP contribution >= 0.6 is 0 Å². The number of hydrogen-bond donors (Lipinski definition) is 1. The molecule has 0 bridgehead atoms. The molecule has 1 aliphatic carbocycles. The maximum atomic E-state index is 14.3. The van der Waals surface area contributed by atoms with Crippen molar-refractivity contribution in [2.75, 3.05) is 5.32 Å². The van der Waals surface area contributed by atoms with Gasteiger partial charge in [0.05, 0.1) is 12.0 Å². The third kappa shape index (κ3) is 2.60. The first kappa shape index (κ1) is 14.7. The second kappa shape index (κ2) is 5.63. The van der Waals surface area contributed by atoms with Gasteiger partial charge in [-0.15, -0.1) is 0 Å². The van der Waals surface area contributed by atoms with Crippen molar-refractivity contribution in [1.29, 1.82) is 0 Å². The number of aromatic nitrogens is 2. The zero-order valence-corrected chi connectivity index (χ0v) is 13.1. The standard InChI is InChI=1S/C18H16FN3O2/c1-11-20-6-7-22(11)16-5-4-12(9-15(16)19)21-18(23)14-10-13(14)17-3-2-8-24-17/h2-9,13-14H,10H2,1H3,(H,21,23)/t13-,14+/m1/s1. The van der Waals surface area contributed by atoms with Crippen LogP contribution in [0.25, 0.3) is 5.69 Å². The van der Waals surface area contributed by atoms with Crippen LogP contribution in [0.1, 0.15) is 23.9 Å². The number of carbonyl (C=O) groups is 1. The molecular weight excluding hydrogens is 309 g/mol. The molecule has 122 valence electrons. The lowest BCUT2D eigenvalue weighted by Crippen LogP contribution is -2.15. The molecule has 6 heteroatoms. The summed E-state index contributed by atoms with van der Waals surface area (Å²) < 4.78 is 21.3. The highest BCUT2D eigenvalue weighted by Crippen LogP contribution is 2.48. The number of nitrogens with zero attached hydrogens (tertiary/aromatic N) is 2. The fraction of sp³-hybridized carbons (Fsp3) is 0.222. The van der Waals surface area contributed by atoms with Crippen molar-refractivity contribution in [3.05, 3.63) is 66.4 Å². The zero-order chi connectivity index (χ0) is 16.7. The van der Waals surface area contributed by atoms with Crippen molar-refractivity contribution in [1.82, 2.24) is 9.55 Å². The van der Waals surface area contributed by atoms with Crippen molar-refractivity contribution in [3.63, 3.8) is 0 Å². The fourth-order valence-corrected chi connectivity index (χ4v) is 2.95. The number of carbonyl (C=O) groups excluding carboxylic acids is 1. The van der Waals surface area contributed by atoms with Crippen LogP contribution in [-0.2, 0) is 4.79 Å². The average Bonchev–Trinajstić information content (AvgIpc) is 2.96. The van der Waals surface area contributed by atoms with Gasteiger partial charge in [-0.3, -0.25) is 4.79 Å². The minimum atomic E-state index is -0.410. The molecule has 0 unspecified atom stereocenters. The van der Waals surface area contributed by atoms with Crippen LogP contribution in [0.15, 0.2) is 53.4 Å². The Morgan fingerprint density at radius 3 is 2.96 bits per heavy atom. The van der Waals surface area contributed by atoms with Crippen LogP contribution in [0.3, 0.4) is 0 Å². The minimum Gasteiger partial charge on any atom is -0.469 e. The summed E-state index contributed by atoms with van der Waals surface area (Å²) in [5.41, 5.74) is 0.854. The Morgan fingerprint density at radius 2 is 2.29 bits per heavy atom. The Kier molecular flexibility index (Phi) is 3.45. The van der Waals surface area contributed by atoms with E-state index in [2.05, 4.69) is 10.3 Å². The largest absolute Gasteiger partial charge is 0.469 e. The highest BCUT2D eigenvalue weighted by Gasteiger charge is 2.45. The first-order valence-corrected chi connectivity index (χ1v) is 7.77. The first-order chi connectivity index (χ1) is 11.6. The molecular formula is C18H16FN3O2. The lowest BCUT2D eigenvalue weighted by Gasteiger charge is -2.09. The summed E-state index contributed by atoms with van der Waals surface area (Å²) in [6, 6.07) is 8.35. The third-order valence-corrected chi connectivity index (χ3v) is 4.34. The van der Waals surface area contributed by atoms with Gasteiger partial charge in [-0.05, 0) is 43.7 Å². The van der Waals surface area contributed by atoms with Crippen LogP contribution in [-0.4, -0.2) is 15.5 Å². The van der Waals surface area contributed by atoms with Gasteiger partial charge in [0.15, 0.2) is 0 Å². The van der Waals surface area contributed by atoms with Crippen molar-refractivity contribution in [2.24, 2.45) is 5.92 Å². The van der Waals surface area contributed by atoms with E-state index in [1.807, 2.05) is 12.1 Å². The van der Waals surface area contributed by atoms with E-state index in [0.29, 0.717) is 17.2 Å². The van der Waals surface area contributed by atoms with Crippen molar-refractivity contribution in [3.8, 4) is 5.69 Å². The first-order valence-electron chi connectivity index (χ1n) is 7.77. The average molecular weight is 325 g/mol. The number of benzene rings is 1. The molecule has 24 heavy (non-hydrogen) atoms. The molecule has 1 fully saturated rings. The van der Waals surface area contributed by atoms with Crippen LogP contribution in [0, 0.1) is 18.7 Å². The van der Waals surface area contributed by atoms with Gasteiger partial charge in [-0.2, -0.15) is 0 Å². The molecule has 2 heterocycles. The molecule has 2 aromatic heterocycles. The van der Waals surface area contributed by atoms with Gasteiger partial charge >= 0.3 is 0 Å². The highest BCUT2D eigenvalue weighted by molar-refractivity contribution is 5.95. The molecule has 0 spiro atoms. The van der Waals surface area contributed by atoms with E-state index in [4.69, 9.17) is 4.42 Å². The lowest BCUT2D eigenvalue weighted by molar-refractivity contribution is -0.117. The molecule has 0 radical (unpaired) electrons. The molecule has 0 aliphatic heterocycles. The highest BCUT2D eigenvalue weighted by atomic mass is 19.1. The molecule has 4 rings (SSSR count). The van der Waals surface area contributed by atoms with Crippen LogP contribution in [0.2, 0.25) is 0 Å². The molecule has 1 aromatic carbocycles. The van der Waals surface area contributed by atoms with E-state index >= 15 is 0 Å². The fourth-order valence-electron chi connectivity index (χ4n) is 2.95. The number of halogens is 1. The third-order valence-electron chi connectivity index (χ3n) is 4.34. The Hall–Kier alpha value is -2.89. The molecule has 5 nitrogen and oxygen atoms in total. The summed E-state index contributed by atoms with van der Waals surface area (Å²) in [4.78, 5) is 16.4. The number of imidazole rings is 1. The van der Waals surface area contributed by atoms with E-state index in [9.17, 15) is 9.18 Å². The molecule has 3 aromatic rings. The van der Waals surface area contributed by atoms with Gasteiger partial charge in [0.2, 0.25) is 5.91 Å². The number of amides is 1. The molecule has 0 saturated heterocycles. The predicted molar refractivity (Wildman–Crippen MR) is 86.4 cm³/mol. The van der Waals surface area contributed by atoms with E-state index in [0.717, 1.165) is 12.2 Å². The summed E-state index contributed by atoms with van der Waals surface area (Å²) in [5, 5.41) is 2.78. The Labute approximate surface area is 138 Å². The number of furan rings is 1. The SMILES string of the molecule is Cc1nccn1-c1ccc(NC(=O)[C@H]2C[C@H]2c2ccco2)cc1F. The van der Waals surface area contributed by atoms with Crippen LogP contribution in [0.5, 0.6) is 0 Å². The number of rotatable bonds is 4. The molecule has 1 aliphatic rings. The Bertz CT molecular complexity index is 886. The van der Waals surface area contributed by atoms with E-state index in [1.54, 1.807) is 42.3 Å². The van der Waals surface area contributed by atoms with E-state index in [1.165, 1.54) is 6.07 Å². The Morgan fingerprint density at radius 1 is 1.42 bits per heavy atom. The quantitative estimate of drug-likeness (QED) is 0.796. The van der Waals surface area contributed by atoms with Crippen LogP contribution in [0.4, 0.5) is 10.1 Å². The van der Waals surface area contributed by atoms with Gasteiger partial charge in [0.1, 0.15) is 17.4 Å². The maximum Gasteiger partial charge on any atom is 0.228 e. The normalized spacial score (nSPS) is 19.2. The maximum absolute atomic E-state index is 14.3. The monoisotopic (exact) mass is 325 g/mol. The summed E-state index contributed by atoms with van der Waals surface area (Å²) in [5.74, 6) is 1.01. The predicted octanol–water partition coefficient (Wildman–Crippen LogP) is 3.66. The molecule has 1 saturated carbocycles. The number of hydrogen-bond acceptors (Lipinski definition) is 3. The van der Waals surface area contributed by atoms with Gasteiger partial charge < -0.3 is 14.3 Å². The Balaban J connectivity index is 1.47. The van der Waals surface area contributed by atoms with Gasteiger partial charge in [0, 0.05) is 29.9 Å². The van der Waals surface area contributed by atoms with Crippen molar-refractivity contribution in [2.45, 2.75) is 19.3 Å². The topological polar surface area (TPSA) is 60.1 Å². The number of nitrogens with one attached hydrogen (secondary N) is 1. The lowest BCUT2D eigenvalue weighted by atomic mass is 10.2. The van der Waals surface area contributed by atoms with Crippen LogP contribution < -0.4 is 5.32 Å². The molecule has 2 atom stereocenters. The van der Waals surface area contributed by atoms with E-state index in [-0.39, 0.29) is 17.7 Å². The number of aryl methyl sites for hydroxylation is 1. The summed E-state index contributed by atoms with van der Waals surface area (Å²) >= 11 is 0. The van der Waals surface area contributed by atoms with Gasteiger partial charge in [-0.25, -0.2) is 9.37 Å². The zero-order valence-electron chi connectivity index (χ0n) is 13.1. The summed E-state index contributed by atoms with van der Waals surface area (Å²) in [6.45, 7) is 1.80. The number of anilines is 1. The van der Waals surface area contributed by atoms with Crippen molar-refractivity contribution < 1.29 is 13.6 Å². The minimum absolute atomic E-state index is 0.109.